The van der Waals surface area contributed by atoms with Crippen LogP contribution in [-0.2, 0) is 0 Å². The molecule has 0 amide bonds. The van der Waals surface area contributed by atoms with Crippen LogP contribution in [0.5, 0.6) is 0 Å². The van der Waals surface area contributed by atoms with Crippen molar-refractivity contribution in [2.24, 2.45) is 5.73 Å². The molecule has 0 aromatic carbocycles. The summed E-state index contributed by atoms with van der Waals surface area (Å²) in [5, 5.41) is 9.19. The highest BCUT2D eigenvalue weighted by atomic mass is 15.3. The minimum absolute atomic E-state index is 0.382. The minimum Gasteiger partial charge on any atom is -0.368 e. The van der Waals surface area contributed by atoms with Crippen molar-refractivity contribution in [3.8, 4) is 6.07 Å². The molecule has 2 aliphatic rings. The summed E-state index contributed by atoms with van der Waals surface area (Å²) in [5.41, 5.74) is 7.67. The summed E-state index contributed by atoms with van der Waals surface area (Å²) in [5.74, 6) is 0. The van der Waals surface area contributed by atoms with Crippen molar-refractivity contribution in [2.75, 3.05) is 31.1 Å². The molecule has 1 atom stereocenters. The summed E-state index contributed by atoms with van der Waals surface area (Å²) in [6.07, 6.45) is 6.86. The molecule has 3 heterocycles. The van der Waals surface area contributed by atoms with Gasteiger partial charge in [0.05, 0.1) is 17.4 Å². The fourth-order valence-corrected chi connectivity index (χ4v) is 3.28. The van der Waals surface area contributed by atoms with Gasteiger partial charge < -0.3 is 10.6 Å². The van der Waals surface area contributed by atoms with E-state index in [1.54, 1.807) is 12.3 Å². The van der Waals surface area contributed by atoms with Crippen LogP contribution in [0.15, 0.2) is 18.5 Å². The summed E-state index contributed by atoms with van der Waals surface area (Å²) >= 11 is 0. The zero-order valence-corrected chi connectivity index (χ0v) is 11.7. The van der Waals surface area contributed by atoms with Gasteiger partial charge in [0.2, 0.25) is 0 Å². The van der Waals surface area contributed by atoms with E-state index < -0.39 is 0 Å². The van der Waals surface area contributed by atoms with Crippen molar-refractivity contribution in [3.63, 3.8) is 0 Å². The highest BCUT2D eigenvalue weighted by Crippen LogP contribution is 2.26. The lowest BCUT2D eigenvalue weighted by atomic mass is 10.0. The number of nitrogens with zero attached hydrogens (tertiary/aromatic N) is 4. The third kappa shape index (κ3) is 2.62. The lowest BCUT2D eigenvalue weighted by molar-refractivity contribution is 0.163. The molecule has 106 valence electrons. The number of rotatable bonds is 2. The predicted molar refractivity (Wildman–Crippen MR) is 78.4 cm³/mol. The summed E-state index contributed by atoms with van der Waals surface area (Å²) in [6, 6.07) is 5.03. The first-order chi connectivity index (χ1) is 9.78. The number of pyridine rings is 1. The zero-order chi connectivity index (χ0) is 13.9. The third-order valence-corrected chi connectivity index (χ3v) is 4.52. The molecule has 5 heteroatoms. The van der Waals surface area contributed by atoms with Crippen molar-refractivity contribution >= 4 is 5.69 Å². The Morgan fingerprint density at radius 2 is 2.05 bits per heavy atom. The summed E-state index contributed by atoms with van der Waals surface area (Å²) < 4.78 is 0. The number of piperidine rings is 1. The monoisotopic (exact) mass is 271 g/mol. The first-order valence-electron chi connectivity index (χ1n) is 7.36. The van der Waals surface area contributed by atoms with Crippen molar-refractivity contribution in [2.45, 2.75) is 31.3 Å². The van der Waals surface area contributed by atoms with Crippen molar-refractivity contribution in [3.05, 3.63) is 24.0 Å². The highest BCUT2D eigenvalue weighted by Gasteiger charge is 2.30. The van der Waals surface area contributed by atoms with E-state index in [2.05, 4.69) is 20.9 Å². The summed E-state index contributed by atoms with van der Waals surface area (Å²) in [6.45, 7) is 4.22. The van der Waals surface area contributed by atoms with E-state index >= 15 is 0 Å². The molecule has 2 aliphatic heterocycles. The topological polar surface area (TPSA) is 69.2 Å². The van der Waals surface area contributed by atoms with Crippen molar-refractivity contribution < 1.29 is 0 Å². The Labute approximate surface area is 120 Å². The predicted octanol–water partition coefficient (Wildman–Crippen LogP) is 0.955. The van der Waals surface area contributed by atoms with Crippen LogP contribution in [0.4, 0.5) is 5.69 Å². The van der Waals surface area contributed by atoms with Gasteiger partial charge in [0.15, 0.2) is 0 Å². The van der Waals surface area contributed by atoms with Gasteiger partial charge in [0, 0.05) is 31.4 Å². The number of aromatic nitrogens is 1. The fourth-order valence-electron chi connectivity index (χ4n) is 3.28. The molecular formula is C15H21N5. The van der Waals surface area contributed by atoms with Crippen LogP contribution >= 0.6 is 0 Å². The molecule has 2 fully saturated rings. The quantitative estimate of drug-likeness (QED) is 0.867. The van der Waals surface area contributed by atoms with E-state index in [-0.39, 0.29) is 0 Å². The van der Waals surface area contributed by atoms with Crippen molar-refractivity contribution in [1.82, 2.24) is 9.88 Å². The van der Waals surface area contributed by atoms with Crippen LogP contribution < -0.4 is 10.6 Å². The van der Waals surface area contributed by atoms with Gasteiger partial charge in [-0.15, -0.1) is 0 Å². The van der Waals surface area contributed by atoms with Crippen LogP contribution in [0, 0.1) is 11.3 Å². The van der Waals surface area contributed by atoms with E-state index in [1.807, 2.05) is 6.20 Å². The standard InChI is InChI=1S/C15H21N5/c16-9-12-1-5-18-10-15(12)20-8-4-14(11-20)19-6-2-13(17)3-7-19/h1,5,10,13-14H,2-4,6-8,11,17H2. The number of likely N-dealkylation sites (tertiary alicyclic amines) is 1. The number of hydrogen-bond acceptors (Lipinski definition) is 5. The second-order valence-electron chi connectivity index (χ2n) is 5.77. The van der Waals surface area contributed by atoms with Crippen molar-refractivity contribution in [1.29, 1.82) is 5.26 Å². The number of anilines is 1. The number of nitriles is 1. The molecule has 1 unspecified atom stereocenters. The average molecular weight is 271 g/mol. The van der Waals surface area contributed by atoms with Gasteiger partial charge in [-0.2, -0.15) is 5.26 Å². The third-order valence-electron chi connectivity index (χ3n) is 4.52. The molecule has 2 N–H and O–H groups in total. The highest BCUT2D eigenvalue weighted by molar-refractivity contribution is 5.58. The van der Waals surface area contributed by atoms with E-state index in [0.717, 1.165) is 56.7 Å². The first kappa shape index (κ1) is 13.3. The number of nitrogens with two attached hydrogens (primary N) is 1. The SMILES string of the molecule is N#Cc1ccncc1N1CCC(N2CCC(N)CC2)C1. The normalized spacial score (nSPS) is 24.8. The van der Waals surface area contributed by atoms with Crippen LogP contribution in [-0.4, -0.2) is 48.1 Å². The number of hydrogen-bond donors (Lipinski definition) is 1. The molecule has 1 aromatic rings. The average Bonchev–Trinajstić information content (AvgIpc) is 2.97. The molecule has 5 nitrogen and oxygen atoms in total. The molecular weight excluding hydrogens is 250 g/mol. The van der Waals surface area contributed by atoms with Gasteiger partial charge in [-0.3, -0.25) is 9.88 Å². The largest absolute Gasteiger partial charge is 0.368 e. The Kier molecular flexibility index (Phi) is 3.86. The Hall–Kier alpha value is -1.64. The minimum atomic E-state index is 0.382. The molecule has 2 saturated heterocycles. The Morgan fingerprint density at radius 1 is 1.25 bits per heavy atom. The van der Waals surface area contributed by atoms with Crippen LogP contribution in [0.1, 0.15) is 24.8 Å². The lowest BCUT2D eigenvalue weighted by Gasteiger charge is -2.34. The van der Waals surface area contributed by atoms with E-state index in [1.165, 1.54) is 0 Å². The maximum Gasteiger partial charge on any atom is 0.101 e. The van der Waals surface area contributed by atoms with Gasteiger partial charge in [-0.1, -0.05) is 0 Å². The van der Waals surface area contributed by atoms with E-state index in [9.17, 15) is 5.26 Å². The van der Waals surface area contributed by atoms with Crippen LogP contribution in [0.2, 0.25) is 0 Å². The maximum absolute atomic E-state index is 9.19. The Bertz CT molecular complexity index is 501. The molecule has 0 saturated carbocycles. The second-order valence-corrected chi connectivity index (χ2v) is 5.77. The van der Waals surface area contributed by atoms with Gasteiger partial charge in [-0.25, -0.2) is 0 Å². The van der Waals surface area contributed by atoms with E-state index in [4.69, 9.17) is 5.73 Å². The second kappa shape index (κ2) is 5.78. The summed E-state index contributed by atoms with van der Waals surface area (Å²) in [4.78, 5) is 9.02. The molecule has 20 heavy (non-hydrogen) atoms. The molecule has 3 rings (SSSR count). The van der Waals surface area contributed by atoms with Crippen LogP contribution in [0.25, 0.3) is 0 Å². The Morgan fingerprint density at radius 3 is 2.80 bits per heavy atom. The maximum atomic E-state index is 9.19. The smallest absolute Gasteiger partial charge is 0.101 e. The van der Waals surface area contributed by atoms with Gasteiger partial charge >= 0.3 is 0 Å². The van der Waals surface area contributed by atoms with E-state index in [0.29, 0.717) is 12.1 Å². The zero-order valence-electron chi connectivity index (χ0n) is 11.7. The van der Waals surface area contributed by atoms with Gasteiger partial charge in [0.25, 0.3) is 0 Å². The molecule has 0 aliphatic carbocycles. The molecule has 0 bridgehead atoms. The Balaban J connectivity index is 1.66. The summed E-state index contributed by atoms with van der Waals surface area (Å²) in [7, 11) is 0. The molecule has 1 aromatic heterocycles. The van der Waals surface area contributed by atoms with Gasteiger partial charge in [0.1, 0.15) is 6.07 Å². The first-order valence-corrected chi connectivity index (χ1v) is 7.36. The molecule has 0 spiro atoms. The lowest BCUT2D eigenvalue weighted by Crippen LogP contribution is -2.46. The molecule has 0 radical (unpaired) electrons. The van der Waals surface area contributed by atoms with Gasteiger partial charge in [-0.05, 0) is 38.4 Å². The fraction of sp³-hybridized carbons (Fsp3) is 0.600. The van der Waals surface area contributed by atoms with Crippen LogP contribution in [0.3, 0.4) is 0 Å².